The highest BCUT2D eigenvalue weighted by Crippen LogP contribution is 2.33. The maximum absolute atomic E-state index is 13.3. The Hall–Kier alpha value is -3.62. The first-order valence-electron chi connectivity index (χ1n) is 9.59. The monoisotopic (exact) mass is 428 g/mol. The lowest BCUT2D eigenvalue weighted by Gasteiger charge is -2.35. The van der Waals surface area contributed by atoms with Gasteiger partial charge < -0.3 is 10.6 Å². The van der Waals surface area contributed by atoms with Crippen molar-refractivity contribution < 1.29 is 22.8 Å². The van der Waals surface area contributed by atoms with Gasteiger partial charge >= 0.3 is 6.18 Å². The SMILES string of the molecule is Cc1c(C(=O)N2CCc3ccccc3C2C(N)=O)cnn1-c1cccc(C(F)(F)F)c1. The van der Waals surface area contributed by atoms with Gasteiger partial charge in [-0.05, 0) is 42.7 Å². The first-order valence-corrected chi connectivity index (χ1v) is 9.59. The minimum atomic E-state index is -4.49. The van der Waals surface area contributed by atoms with Crippen LogP contribution in [0.5, 0.6) is 0 Å². The molecule has 4 rings (SSSR count). The fourth-order valence-electron chi connectivity index (χ4n) is 3.94. The van der Waals surface area contributed by atoms with E-state index in [1.54, 1.807) is 19.1 Å². The van der Waals surface area contributed by atoms with E-state index in [9.17, 15) is 22.8 Å². The molecule has 0 aliphatic carbocycles. The van der Waals surface area contributed by atoms with E-state index in [-0.39, 0.29) is 17.8 Å². The third kappa shape index (κ3) is 3.67. The number of hydrogen-bond acceptors (Lipinski definition) is 3. The van der Waals surface area contributed by atoms with Crippen molar-refractivity contribution >= 4 is 11.8 Å². The van der Waals surface area contributed by atoms with Crippen LogP contribution < -0.4 is 5.73 Å². The van der Waals surface area contributed by atoms with Crippen molar-refractivity contribution in [3.05, 3.63) is 82.7 Å². The first kappa shape index (κ1) is 20.6. The van der Waals surface area contributed by atoms with E-state index >= 15 is 0 Å². The summed E-state index contributed by atoms with van der Waals surface area (Å²) in [5, 5.41) is 4.12. The summed E-state index contributed by atoms with van der Waals surface area (Å²) in [6.07, 6.45) is -2.63. The highest BCUT2D eigenvalue weighted by atomic mass is 19.4. The Morgan fingerprint density at radius 3 is 2.58 bits per heavy atom. The second-order valence-electron chi connectivity index (χ2n) is 7.36. The minimum absolute atomic E-state index is 0.182. The fraction of sp³-hybridized carbons (Fsp3) is 0.227. The van der Waals surface area contributed by atoms with Crippen LogP contribution in [0.15, 0.2) is 54.7 Å². The van der Waals surface area contributed by atoms with Gasteiger partial charge in [-0.2, -0.15) is 18.3 Å². The molecule has 1 atom stereocenters. The summed E-state index contributed by atoms with van der Waals surface area (Å²) in [7, 11) is 0. The van der Waals surface area contributed by atoms with Gasteiger partial charge in [-0.3, -0.25) is 9.59 Å². The van der Waals surface area contributed by atoms with Crippen LogP contribution in [0.2, 0.25) is 0 Å². The van der Waals surface area contributed by atoms with Crippen molar-refractivity contribution in [2.75, 3.05) is 6.54 Å². The summed E-state index contributed by atoms with van der Waals surface area (Å²) in [5.74, 6) is -1.10. The van der Waals surface area contributed by atoms with Gasteiger partial charge in [0, 0.05) is 6.54 Å². The van der Waals surface area contributed by atoms with Crippen molar-refractivity contribution in [1.82, 2.24) is 14.7 Å². The molecule has 0 bridgehead atoms. The lowest BCUT2D eigenvalue weighted by Crippen LogP contribution is -2.45. The second-order valence-corrected chi connectivity index (χ2v) is 7.36. The summed E-state index contributed by atoms with van der Waals surface area (Å²) in [6, 6.07) is 11.1. The number of carbonyl (C=O) groups is 2. The van der Waals surface area contributed by atoms with Crippen LogP contribution in [0.1, 0.15) is 38.8 Å². The van der Waals surface area contributed by atoms with Crippen LogP contribution in [0, 0.1) is 6.92 Å². The van der Waals surface area contributed by atoms with Gasteiger partial charge in [0.05, 0.1) is 28.7 Å². The van der Waals surface area contributed by atoms with Gasteiger partial charge in [-0.15, -0.1) is 0 Å². The number of nitrogens with two attached hydrogens (primary N) is 1. The number of rotatable bonds is 3. The Balaban J connectivity index is 1.70. The van der Waals surface area contributed by atoms with Gasteiger partial charge in [-0.25, -0.2) is 4.68 Å². The molecule has 160 valence electrons. The largest absolute Gasteiger partial charge is 0.416 e. The number of primary amides is 1. The topological polar surface area (TPSA) is 81.2 Å². The molecule has 31 heavy (non-hydrogen) atoms. The molecule has 6 nitrogen and oxygen atoms in total. The Morgan fingerprint density at radius 2 is 1.87 bits per heavy atom. The van der Waals surface area contributed by atoms with Gasteiger partial charge in [0.2, 0.25) is 5.91 Å². The molecular weight excluding hydrogens is 409 g/mol. The minimum Gasteiger partial charge on any atom is -0.368 e. The van der Waals surface area contributed by atoms with Crippen LogP contribution in [0.3, 0.4) is 0 Å². The Labute approximate surface area is 176 Å². The van der Waals surface area contributed by atoms with Crippen molar-refractivity contribution in [1.29, 1.82) is 0 Å². The second kappa shape index (κ2) is 7.57. The molecule has 2 heterocycles. The van der Waals surface area contributed by atoms with Crippen molar-refractivity contribution in [3.8, 4) is 5.69 Å². The predicted octanol–water partition coefficient (Wildman–Crippen LogP) is 3.42. The molecule has 0 fully saturated rings. The Kier molecular flexibility index (Phi) is 5.04. The molecule has 2 N–H and O–H groups in total. The highest BCUT2D eigenvalue weighted by Gasteiger charge is 2.36. The van der Waals surface area contributed by atoms with Gasteiger partial charge in [0.15, 0.2) is 0 Å². The van der Waals surface area contributed by atoms with E-state index in [2.05, 4.69) is 5.10 Å². The lowest BCUT2D eigenvalue weighted by atomic mass is 9.91. The number of fused-ring (bicyclic) bond motifs is 1. The average molecular weight is 428 g/mol. The number of benzene rings is 2. The van der Waals surface area contributed by atoms with E-state index in [1.807, 2.05) is 12.1 Å². The number of alkyl halides is 3. The van der Waals surface area contributed by atoms with E-state index in [0.717, 1.165) is 17.7 Å². The number of aromatic nitrogens is 2. The number of amides is 2. The molecular formula is C22H19F3N4O2. The van der Waals surface area contributed by atoms with Crippen molar-refractivity contribution in [3.63, 3.8) is 0 Å². The zero-order valence-electron chi connectivity index (χ0n) is 16.6. The third-order valence-corrected chi connectivity index (χ3v) is 5.47. The molecule has 0 saturated carbocycles. The van der Waals surface area contributed by atoms with Gasteiger partial charge in [-0.1, -0.05) is 30.3 Å². The molecule has 2 amide bonds. The number of halogens is 3. The van der Waals surface area contributed by atoms with Gasteiger partial charge in [0.1, 0.15) is 6.04 Å². The quantitative estimate of drug-likeness (QED) is 0.694. The van der Waals surface area contributed by atoms with Gasteiger partial charge in [0.25, 0.3) is 5.91 Å². The maximum atomic E-state index is 13.3. The van der Waals surface area contributed by atoms with E-state index in [1.165, 1.54) is 27.9 Å². The summed E-state index contributed by atoms with van der Waals surface area (Å²) in [5.41, 5.74) is 7.18. The molecule has 0 spiro atoms. The standard InChI is InChI=1S/C22H19F3N4O2/c1-13-18(12-27-29(13)16-7-4-6-15(11-16)22(23,24)25)21(31)28-10-9-14-5-2-3-8-17(14)19(28)20(26)30/h2-8,11-12,19H,9-10H2,1H3,(H2,26,30). The Morgan fingerprint density at radius 1 is 1.13 bits per heavy atom. The number of nitrogens with zero attached hydrogens (tertiary/aromatic N) is 3. The van der Waals surface area contributed by atoms with E-state index < -0.39 is 29.6 Å². The molecule has 1 aliphatic heterocycles. The van der Waals surface area contributed by atoms with Crippen LogP contribution in [0.25, 0.3) is 5.69 Å². The van der Waals surface area contributed by atoms with Crippen LogP contribution in [-0.4, -0.2) is 33.0 Å². The summed E-state index contributed by atoms with van der Waals surface area (Å²) in [4.78, 5) is 26.9. The molecule has 2 aromatic carbocycles. The molecule has 3 aromatic rings. The number of hydrogen-bond donors (Lipinski definition) is 1. The molecule has 0 radical (unpaired) electrons. The van der Waals surface area contributed by atoms with Crippen molar-refractivity contribution in [2.24, 2.45) is 5.73 Å². The fourth-order valence-corrected chi connectivity index (χ4v) is 3.94. The normalized spacial score (nSPS) is 16.1. The van der Waals surface area contributed by atoms with E-state index in [4.69, 9.17) is 5.73 Å². The maximum Gasteiger partial charge on any atom is 0.416 e. The lowest BCUT2D eigenvalue weighted by molar-refractivity contribution is -0.137. The molecule has 1 unspecified atom stereocenters. The predicted molar refractivity (Wildman–Crippen MR) is 106 cm³/mol. The first-order chi connectivity index (χ1) is 14.7. The van der Waals surface area contributed by atoms with Crippen molar-refractivity contribution in [2.45, 2.75) is 25.6 Å². The summed E-state index contributed by atoms with van der Waals surface area (Å²) >= 11 is 0. The molecule has 0 saturated heterocycles. The highest BCUT2D eigenvalue weighted by molar-refractivity contribution is 5.98. The number of carbonyl (C=O) groups excluding carboxylic acids is 2. The van der Waals surface area contributed by atoms with E-state index in [0.29, 0.717) is 17.7 Å². The zero-order chi connectivity index (χ0) is 22.3. The van der Waals surface area contributed by atoms with Crippen LogP contribution in [-0.2, 0) is 17.4 Å². The zero-order valence-corrected chi connectivity index (χ0v) is 16.6. The third-order valence-electron chi connectivity index (χ3n) is 5.47. The molecule has 1 aromatic heterocycles. The Bertz CT molecular complexity index is 1170. The van der Waals surface area contributed by atoms with Crippen LogP contribution in [0.4, 0.5) is 13.2 Å². The van der Waals surface area contributed by atoms with Crippen LogP contribution >= 0.6 is 0 Å². The molecule has 1 aliphatic rings. The molecule has 9 heteroatoms. The summed E-state index contributed by atoms with van der Waals surface area (Å²) in [6.45, 7) is 1.88. The smallest absolute Gasteiger partial charge is 0.368 e. The summed E-state index contributed by atoms with van der Waals surface area (Å²) < 4.78 is 40.5. The average Bonchev–Trinajstić information content (AvgIpc) is 3.13.